The van der Waals surface area contributed by atoms with Crippen LogP contribution in [0.4, 0.5) is 11.8 Å². The van der Waals surface area contributed by atoms with Crippen molar-refractivity contribution in [2.24, 2.45) is 5.92 Å². The van der Waals surface area contributed by atoms with Gasteiger partial charge in [-0.2, -0.15) is 4.98 Å². The second kappa shape index (κ2) is 9.72. The number of anilines is 2. The van der Waals surface area contributed by atoms with Gasteiger partial charge in [0, 0.05) is 63.5 Å². The van der Waals surface area contributed by atoms with Gasteiger partial charge in [-0.1, -0.05) is 19.3 Å². The standard InChI is InChI=1S/C24H38N6O/c31-23(19-6-5-7-19)29-16-10-21(11-17-29)30-15-9-20(18-30)26-24-25-12-8-22(27-24)28-13-3-1-2-4-14-28/h8,12,19-21H,1-7,9-11,13-18H2,(H,25,26,27). The second-order valence-corrected chi connectivity index (χ2v) is 9.95. The molecule has 170 valence electrons. The highest BCUT2D eigenvalue weighted by Crippen LogP contribution is 2.30. The van der Waals surface area contributed by atoms with E-state index in [0.717, 1.165) is 83.1 Å². The van der Waals surface area contributed by atoms with E-state index in [9.17, 15) is 4.79 Å². The Morgan fingerprint density at radius 2 is 1.68 bits per heavy atom. The Labute approximate surface area is 186 Å². The fraction of sp³-hybridized carbons (Fsp3) is 0.792. The molecule has 0 aromatic carbocycles. The number of piperidine rings is 1. The molecule has 1 unspecified atom stereocenters. The number of nitrogens with one attached hydrogen (secondary N) is 1. The summed E-state index contributed by atoms with van der Waals surface area (Å²) in [6.07, 6.45) is 13.9. The minimum Gasteiger partial charge on any atom is -0.356 e. The maximum atomic E-state index is 12.5. The molecule has 31 heavy (non-hydrogen) atoms. The van der Waals surface area contributed by atoms with E-state index >= 15 is 0 Å². The summed E-state index contributed by atoms with van der Waals surface area (Å²) in [6.45, 7) is 6.28. The Morgan fingerprint density at radius 3 is 2.39 bits per heavy atom. The van der Waals surface area contributed by atoms with Crippen molar-refractivity contribution in [1.29, 1.82) is 0 Å². The van der Waals surface area contributed by atoms with E-state index in [1.54, 1.807) is 0 Å². The zero-order valence-corrected chi connectivity index (χ0v) is 18.8. The van der Waals surface area contributed by atoms with Gasteiger partial charge in [-0.05, 0) is 51.0 Å². The van der Waals surface area contributed by atoms with Crippen molar-refractivity contribution in [3.05, 3.63) is 12.3 Å². The van der Waals surface area contributed by atoms with Crippen LogP contribution in [0.25, 0.3) is 0 Å². The van der Waals surface area contributed by atoms with E-state index in [1.165, 1.54) is 32.1 Å². The van der Waals surface area contributed by atoms with E-state index in [-0.39, 0.29) is 0 Å². The van der Waals surface area contributed by atoms with Crippen molar-refractivity contribution in [1.82, 2.24) is 19.8 Å². The van der Waals surface area contributed by atoms with Crippen LogP contribution in [0.1, 0.15) is 64.2 Å². The van der Waals surface area contributed by atoms with Gasteiger partial charge in [-0.3, -0.25) is 9.69 Å². The van der Waals surface area contributed by atoms with Crippen molar-refractivity contribution in [3.63, 3.8) is 0 Å². The quantitative estimate of drug-likeness (QED) is 0.780. The highest BCUT2D eigenvalue weighted by Gasteiger charge is 2.35. The molecule has 7 heteroatoms. The smallest absolute Gasteiger partial charge is 0.225 e. The van der Waals surface area contributed by atoms with Gasteiger partial charge in [0.15, 0.2) is 0 Å². The minimum atomic E-state index is 0.335. The summed E-state index contributed by atoms with van der Waals surface area (Å²) in [5, 5.41) is 3.61. The van der Waals surface area contributed by atoms with Gasteiger partial charge in [0.25, 0.3) is 0 Å². The van der Waals surface area contributed by atoms with Crippen LogP contribution in [-0.2, 0) is 4.79 Å². The van der Waals surface area contributed by atoms with E-state index in [1.807, 2.05) is 6.20 Å². The van der Waals surface area contributed by atoms with E-state index in [2.05, 4.69) is 31.1 Å². The SMILES string of the molecule is O=C(C1CCC1)N1CCC(N2CCC(Nc3nccc(N4CCCCCC4)n3)C2)CC1. The Balaban J connectivity index is 1.10. The van der Waals surface area contributed by atoms with Crippen LogP contribution in [-0.4, -0.2) is 77.0 Å². The van der Waals surface area contributed by atoms with Crippen molar-refractivity contribution in [3.8, 4) is 0 Å². The summed E-state index contributed by atoms with van der Waals surface area (Å²) in [7, 11) is 0. The minimum absolute atomic E-state index is 0.335. The lowest BCUT2D eigenvalue weighted by Gasteiger charge is -2.39. The largest absolute Gasteiger partial charge is 0.356 e. The number of nitrogens with zero attached hydrogens (tertiary/aromatic N) is 5. The summed E-state index contributed by atoms with van der Waals surface area (Å²) in [6, 6.07) is 3.08. The molecule has 0 radical (unpaired) electrons. The van der Waals surface area contributed by atoms with Crippen molar-refractivity contribution < 1.29 is 4.79 Å². The van der Waals surface area contributed by atoms with E-state index in [4.69, 9.17) is 4.98 Å². The van der Waals surface area contributed by atoms with Crippen LogP contribution in [0.5, 0.6) is 0 Å². The Bertz CT molecular complexity index is 737. The van der Waals surface area contributed by atoms with Gasteiger partial charge in [-0.15, -0.1) is 0 Å². The van der Waals surface area contributed by atoms with Gasteiger partial charge in [0.1, 0.15) is 5.82 Å². The van der Waals surface area contributed by atoms with Gasteiger partial charge < -0.3 is 15.1 Å². The molecule has 1 N–H and O–H groups in total. The molecule has 1 atom stereocenters. The summed E-state index contributed by atoms with van der Waals surface area (Å²) >= 11 is 0. The first-order valence-electron chi connectivity index (χ1n) is 12.6. The first kappa shape index (κ1) is 21.0. The number of hydrogen-bond acceptors (Lipinski definition) is 6. The third kappa shape index (κ3) is 4.97. The fourth-order valence-corrected chi connectivity index (χ4v) is 5.68. The van der Waals surface area contributed by atoms with Crippen LogP contribution in [0, 0.1) is 5.92 Å². The molecule has 3 aliphatic heterocycles. The maximum Gasteiger partial charge on any atom is 0.225 e. The fourth-order valence-electron chi connectivity index (χ4n) is 5.68. The lowest BCUT2D eigenvalue weighted by molar-refractivity contribution is -0.139. The molecule has 0 bridgehead atoms. The average molecular weight is 427 g/mol. The van der Waals surface area contributed by atoms with Crippen molar-refractivity contribution >= 4 is 17.7 Å². The highest BCUT2D eigenvalue weighted by atomic mass is 16.2. The Kier molecular flexibility index (Phi) is 6.58. The number of amides is 1. The molecule has 4 heterocycles. The number of carbonyl (C=O) groups is 1. The summed E-state index contributed by atoms with van der Waals surface area (Å²) in [5.41, 5.74) is 0. The van der Waals surface area contributed by atoms with Crippen LogP contribution in [0.3, 0.4) is 0 Å². The predicted molar refractivity (Wildman–Crippen MR) is 123 cm³/mol. The first-order chi connectivity index (χ1) is 15.3. The zero-order chi connectivity index (χ0) is 21.0. The molecule has 5 rings (SSSR count). The molecular formula is C24H38N6O. The normalized spacial score (nSPS) is 26.5. The van der Waals surface area contributed by atoms with E-state index in [0.29, 0.717) is 23.9 Å². The topological polar surface area (TPSA) is 64.6 Å². The van der Waals surface area contributed by atoms with E-state index < -0.39 is 0 Å². The van der Waals surface area contributed by atoms with Crippen LogP contribution >= 0.6 is 0 Å². The number of carbonyl (C=O) groups excluding carboxylic acids is 1. The molecule has 4 fully saturated rings. The number of hydrogen-bond donors (Lipinski definition) is 1. The first-order valence-corrected chi connectivity index (χ1v) is 12.6. The third-order valence-corrected chi connectivity index (χ3v) is 7.87. The molecule has 1 saturated carbocycles. The molecule has 1 amide bonds. The molecule has 3 saturated heterocycles. The summed E-state index contributed by atoms with van der Waals surface area (Å²) < 4.78 is 0. The molecule has 4 aliphatic rings. The number of likely N-dealkylation sites (tertiary alicyclic amines) is 2. The molecule has 7 nitrogen and oxygen atoms in total. The monoisotopic (exact) mass is 426 g/mol. The van der Waals surface area contributed by atoms with Crippen LogP contribution in [0.2, 0.25) is 0 Å². The Morgan fingerprint density at radius 1 is 0.903 bits per heavy atom. The van der Waals surface area contributed by atoms with Gasteiger partial charge >= 0.3 is 0 Å². The summed E-state index contributed by atoms with van der Waals surface area (Å²) in [5.74, 6) is 2.60. The van der Waals surface area contributed by atoms with Crippen LogP contribution < -0.4 is 10.2 Å². The van der Waals surface area contributed by atoms with Crippen molar-refractivity contribution in [2.45, 2.75) is 76.3 Å². The molecule has 1 aromatic heterocycles. The maximum absolute atomic E-state index is 12.5. The van der Waals surface area contributed by atoms with Gasteiger partial charge in [0.2, 0.25) is 11.9 Å². The van der Waals surface area contributed by atoms with Crippen LogP contribution in [0.15, 0.2) is 12.3 Å². The molecule has 0 spiro atoms. The molecule has 1 aliphatic carbocycles. The summed E-state index contributed by atoms with van der Waals surface area (Å²) in [4.78, 5) is 29.0. The average Bonchev–Trinajstić information content (AvgIpc) is 3.04. The lowest BCUT2D eigenvalue weighted by Crippen LogP contribution is -2.48. The molecular weight excluding hydrogens is 388 g/mol. The Hall–Kier alpha value is -1.89. The highest BCUT2D eigenvalue weighted by molar-refractivity contribution is 5.79. The second-order valence-electron chi connectivity index (χ2n) is 9.95. The van der Waals surface area contributed by atoms with Gasteiger partial charge in [0.05, 0.1) is 0 Å². The number of aromatic nitrogens is 2. The number of rotatable bonds is 5. The predicted octanol–water partition coefficient (Wildman–Crippen LogP) is 3.13. The third-order valence-electron chi connectivity index (χ3n) is 7.87. The zero-order valence-electron chi connectivity index (χ0n) is 18.8. The lowest BCUT2D eigenvalue weighted by atomic mass is 9.84. The van der Waals surface area contributed by atoms with Gasteiger partial charge in [-0.25, -0.2) is 4.98 Å². The van der Waals surface area contributed by atoms with Crippen molar-refractivity contribution in [2.75, 3.05) is 49.5 Å². The molecule has 1 aromatic rings.